The van der Waals surface area contributed by atoms with Gasteiger partial charge in [0.2, 0.25) is 5.03 Å². The van der Waals surface area contributed by atoms with Gasteiger partial charge < -0.3 is 5.32 Å². The summed E-state index contributed by atoms with van der Waals surface area (Å²) in [6, 6.07) is 0. The Hall–Kier alpha value is -2.07. The quantitative estimate of drug-likeness (QED) is 0.675. The molecule has 0 aliphatic rings. The van der Waals surface area contributed by atoms with Gasteiger partial charge in [0.25, 0.3) is 10.0 Å². The molecule has 3 aromatic heterocycles. The molecular weight excluding hydrogens is 312 g/mol. The molecule has 0 aliphatic carbocycles. The molecule has 0 unspecified atom stereocenters. The molecule has 0 spiro atoms. The molecule has 0 fully saturated rings. The molecule has 0 amide bonds. The predicted octanol–water partition coefficient (Wildman–Crippen LogP) is 1.58. The van der Waals surface area contributed by atoms with Crippen LogP contribution in [0.3, 0.4) is 0 Å². The van der Waals surface area contributed by atoms with E-state index in [9.17, 15) is 8.42 Å². The minimum Gasteiger partial charge on any atom is -0.371 e. The van der Waals surface area contributed by atoms with Gasteiger partial charge in [0.15, 0.2) is 10.8 Å². The minimum atomic E-state index is -3.79. The second kappa shape index (κ2) is 4.74. The summed E-state index contributed by atoms with van der Waals surface area (Å²) in [5.74, 6) is 0.313. The Labute approximate surface area is 125 Å². The van der Waals surface area contributed by atoms with Gasteiger partial charge in [-0.3, -0.25) is 14.2 Å². The standard InChI is InChI=1S/C11H14N6O2S2/c1-6-8(7(2)15-14-6)16-21(18,19)10-9(12-3)13-11-17(10)4-5-20-11/h4-5,12,16H,1-3H3,(H,14,15). The lowest BCUT2D eigenvalue weighted by molar-refractivity contribution is 0.597. The zero-order valence-corrected chi connectivity index (χ0v) is 13.3. The maximum Gasteiger partial charge on any atom is 0.281 e. The maximum absolute atomic E-state index is 12.7. The van der Waals surface area contributed by atoms with E-state index in [1.54, 1.807) is 36.9 Å². The number of rotatable bonds is 4. The van der Waals surface area contributed by atoms with Crippen LogP contribution in [0.4, 0.5) is 11.5 Å². The van der Waals surface area contributed by atoms with Crippen molar-refractivity contribution in [2.75, 3.05) is 17.1 Å². The summed E-state index contributed by atoms with van der Waals surface area (Å²) >= 11 is 1.37. The molecule has 112 valence electrons. The molecule has 0 atom stereocenters. The van der Waals surface area contributed by atoms with E-state index in [0.29, 0.717) is 27.9 Å². The molecule has 3 rings (SSSR count). The summed E-state index contributed by atoms with van der Waals surface area (Å²) in [4.78, 5) is 4.87. The molecule has 0 aromatic carbocycles. The number of aryl methyl sites for hydroxylation is 2. The highest BCUT2D eigenvalue weighted by atomic mass is 32.2. The minimum absolute atomic E-state index is 0.0845. The Morgan fingerprint density at radius 3 is 2.76 bits per heavy atom. The second-order valence-electron chi connectivity index (χ2n) is 4.49. The van der Waals surface area contributed by atoms with Gasteiger partial charge in [0.05, 0.1) is 17.1 Å². The molecule has 0 aliphatic heterocycles. The monoisotopic (exact) mass is 326 g/mol. The largest absolute Gasteiger partial charge is 0.371 e. The van der Waals surface area contributed by atoms with Gasteiger partial charge in [-0.05, 0) is 13.8 Å². The van der Waals surface area contributed by atoms with Crippen LogP contribution in [0.25, 0.3) is 4.96 Å². The van der Waals surface area contributed by atoms with Gasteiger partial charge in [-0.1, -0.05) is 0 Å². The third-order valence-electron chi connectivity index (χ3n) is 3.07. The van der Waals surface area contributed by atoms with Crippen LogP contribution in [0, 0.1) is 13.8 Å². The van der Waals surface area contributed by atoms with Crippen molar-refractivity contribution in [1.82, 2.24) is 19.6 Å². The van der Waals surface area contributed by atoms with Gasteiger partial charge in [-0.15, -0.1) is 11.3 Å². The van der Waals surface area contributed by atoms with E-state index in [-0.39, 0.29) is 5.03 Å². The number of H-pyrrole nitrogens is 1. The van der Waals surface area contributed by atoms with Crippen molar-refractivity contribution in [1.29, 1.82) is 0 Å². The van der Waals surface area contributed by atoms with E-state index in [0.717, 1.165) is 0 Å². The summed E-state index contributed by atoms with van der Waals surface area (Å²) in [6.45, 7) is 3.49. The summed E-state index contributed by atoms with van der Waals surface area (Å²) in [5, 5.41) is 11.4. The molecular formula is C11H14N6O2S2. The number of thiazole rings is 1. The van der Waals surface area contributed by atoms with Gasteiger partial charge in [0, 0.05) is 18.6 Å². The normalized spacial score (nSPS) is 12.0. The van der Waals surface area contributed by atoms with E-state index in [4.69, 9.17) is 0 Å². The number of nitrogens with zero attached hydrogens (tertiary/aromatic N) is 3. The zero-order valence-electron chi connectivity index (χ0n) is 11.6. The number of anilines is 2. The van der Waals surface area contributed by atoms with Crippen LogP contribution in [0.5, 0.6) is 0 Å². The number of hydrogen-bond acceptors (Lipinski definition) is 6. The van der Waals surface area contributed by atoms with Gasteiger partial charge in [-0.25, -0.2) is 4.98 Å². The summed E-state index contributed by atoms with van der Waals surface area (Å²) in [5.41, 5.74) is 1.71. The Morgan fingerprint density at radius 1 is 1.38 bits per heavy atom. The molecule has 3 heterocycles. The van der Waals surface area contributed by atoms with Crippen LogP contribution >= 0.6 is 11.3 Å². The number of hydrogen-bond donors (Lipinski definition) is 3. The number of nitrogens with one attached hydrogen (secondary N) is 3. The van der Waals surface area contributed by atoms with Crippen molar-refractivity contribution >= 4 is 37.8 Å². The molecule has 0 saturated carbocycles. The fourth-order valence-electron chi connectivity index (χ4n) is 2.07. The first-order chi connectivity index (χ1) is 9.94. The van der Waals surface area contributed by atoms with E-state index in [2.05, 4.69) is 25.2 Å². The third kappa shape index (κ3) is 2.16. The van der Waals surface area contributed by atoms with Crippen LogP contribution in [0.2, 0.25) is 0 Å². The molecule has 8 nitrogen and oxygen atoms in total. The first-order valence-electron chi connectivity index (χ1n) is 6.11. The molecule has 3 aromatic rings. The first-order valence-corrected chi connectivity index (χ1v) is 8.48. The van der Waals surface area contributed by atoms with Gasteiger partial charge in [-0.2, -0.15) is 13.5 Å². The Morgan fingerprint density at radius 2 is 2.14 bits per heavy atom. The Kier molecular flexibility index (Phi) is 3.14. The van der Waals surface area contributed by atoms with Crippen LogP contribution in [0.1, 0.15) is 11.4 Å². The molecule has 0 saturated heterocycles. The fourth-order valence-corrected chi connectivity index (χ4v) is 4.32. The first kappa shape index (κ1) is 13.9. The molecule has 3 N–H and O–H groups in total. The number of imidazole rings is 1. The molecule has 21 heavy (non-hydrogen) atoms. The van der Waals surface area contributed by atoms with E-state index in [1.165, 1.54) is 11.3 Å². The van der Waals surface area contributed by atoms with Crippen molar-refractivity contribution in [2.45, 2.75) is 18.9 Å². The molecule has 0 bridgehead atoms. The number of aromatic amines is 1. The highest BCUT2D eigenvalue weighted by molar-refractivity contribution is 7.92. The lowest BCUT2D eigenvalue weighted by Crippen LogP contribution is -2.17. The van der Waals surface area contributed by atoms with Gasteiger partial charge >= 0.3 is 0 Å². The lowest BCUT2D eigenvalue weighted by atomic mass is 10.3. The van der Waals surface area contributed by atoms with E-state index >= 15 is 0 Å². The van der Waals surface area contributed by atoms with Gasteiger partial charge in [0.1, 0.15) is 0 Å². The van der Waals surface area contributed by atoms with Crippen molar-refractivity contribution in [3.05, 3.63) is 23.0 Å². The number of aromatic nitrogens is 4. The van der Waals surface area contributed by atoms with Crippen molar-refractivity contribution in [3.8, 4) is 0 Å². The van der Waals surface area contributed by atoms with E-state index in [1.807, 2.05) is 0 Å². The Balaban J connectivity index is 2.14. The van der Waals surface area contributed by atoms with Crippen LogP contribution in [-0.2, 0) is 10.0 Å². The summed E-state index contributed by atoms with van der Waals surface area (Å²) in [6.07, 6.45) is 1.68. The summed E-state index contributed by atoms with van der Waals surface area (Å²) in [7, 11) is -2.15. The van der Waals surface area contributed by atoms with Crippen molar-refractivity contribution < 1.29 is 8.42 Å². The van der Waals surface area contributed by atoms with Crippen LogP contribution in [0.15, 0.2) is 16.6 Å². The topological polar surface area (TPSA) is 104 Å². The molecule has 10 heteroatoms. The highest BCUT2D eigenvalue weighted by Crippen LogP contribution is 2.28. The lowest BCUT2D eigenvalue weighted by Gasteiger charge is -2.08. The third-order valence-corrected chi connectivity index (χ3v) is 5.20. The second-order valence-corrected chi connectivity index (χ2v) is 6.96. The average molecular weight is 326 g/mol. The zero-order chi connectivity index (χ0) is 15.2. The number of fused-ring (bicyclic) bond motifs is 1. The van der Waals surface area contributed by atoms with Crippen LogP contribution < -0.4 is 10.0 Å². The Bertz CT molecular complexity index is 885. The average Bonchev–Trinajstić information content (AvgIpc) is 3.07. The van der Waals surface area contributed by atoms with Crippen LogP contribution in [-0.4, -0.2) is 35.0 Å². The maximum atomic E-state index is 12.7. The molecule has 0 radical (unpaired) electrons. The summed E-state index contributed by atoms with van der Waals surface area (Å²) < 4.78 is 29.5. The predicted molar refractivity (Wildman–Crippen MR) is 81.5 cm³/mol. The smallest absolute Gasteiger partial charge is 0.281 e. The number of sulfonamides is 1. The highest BCUT2D eigenvalue weighted by Gasteiger charge is 2.27. The SMILES string of the molecule is CNc1nc2sccn2c1S(=O)(=O)Nc1c(C)n[nH]c1C. The van der Waals surface area contributed by atoms with Crippen molar-refractivity contribution in [2.24, 2.45) is 0 Å². The fraction of sp³-hybridized carbons (Fsp3) is 0.273. The van der Waals surface area contributed by atoms with Crippen molar-refractivity contribution in [3.63, 3.8) is 0 Å². The van der Waals surface area contributed by atoms with E-state index < -0.39 is 10.0 Å².